The van der Waals surface area contributed by atoms with Crippen LogP contribution in [0.2, 0.25) is 0 Å². The highest BCUT2D eigenvalue weighted by atomic mass is 32.2. The second kappa shape index (κ2) is 4.35. The topological polar surface area (TPSA) is 122 Å². The van der Waals surface area contributed by atoms with Crippen molar-refractivity contribution in [1.82, 2.24) is 14.7 Å². The van der Waals surface area contributed by atoms with Crippen LogP contribution in [-0.2, 0) is 14.8 Å². The van der Waals surface area contributed by atoms with Gasteiger partial charge >= 0.3 is 0 Å². The van der Waals surface area contributed by atoms with Gasteiger partial charge in [0.2, 0.25) is 5.91 Å². The van der Waals surface area contributed by atoms with Gasteiger partial charge in [-0.2, -0.15) is 8.42 Å². The van der Waals surface area contributed by atoms with E-state index in [4.69, 9.17) is 5.84 Å². The predicted octanol–water partition coefficient (Wildman–Crippen LogP) is -1.39. The number of rotatable bonds is 3. The zero-order chi connectivity index (χ0) is 13.3. The normalized spacial score (nSPS) is 16.5. The van der Waals surface area contributed by atoms with Crippen LogP contribution in [0.15, 0.2) is 23.4 Å². The molecule has 96 valence electrons. The Morgan fingerprint density at radius 1 is 1.50 bits per heavy atom. The largest absolute Gasteiger partial charge is 0.294 e. The Hall–Kier alpha value is -2.00. The zero-order valence-electron chi connectivity index (χ0n) is 9.16. The van der Waals surface area contributed by atoms with Crippen molar-refractivity contribution in [2.45, 2.75) is 11.4 Å². The van der Waals surface area contributed by atoms with Crippen molar-refractivity contribution in [3.63, 3.8) is 0 Å². The minimum absolute atomic E-state index is 0.0191. The number of sulfonamides is 1. The van der Waals surface area contributed by atoms with Crippen molar-refractivity contribution < 1.29 is 18.0 Å². The van der Waals surface area contributed by atoms with Crippen LogP contribution in [0.5, 0.6) is 0 Å². The molecular formula is C9H10N4O4S. The molecule has 0 aliphatic carbocycles. The van der Waals surface area contributed by atoms with Crippen LogP contribution in [0.1, 0.15) is 16.8 Å². The first-order valence-corrected chi connectivity index (χ1v) is 6.44. The van der Waals surface area contributed by atoms with E-state index in [1.165, 1.54) is 18.3 Å². The van der Waals surface area contributed by atoms with Crippen LogP contribution in [0.4, 0.5) is 0 Å². The second-order valence-corrected chi connectivity index (χ2v) is 5.33. The summed E-state index contributed by atoms with van der Waals surface area (Å²) < 4.78 is 24.6. The molecular weight excluding hydrogens is 260 g/mol. The molecule has 0 saturated heterocycles. The van der Waals surface area contributed by atoms with Crippen molar-refractivity contribution in [2.75, 3.05) is 6.54 Å². The lowest BCUT2D eigenvalue weighted by Crippen LogP contribution is -2.36. The lowest BCUT2D eigenvalue weighted by Gasteiger charge is -2.13. The van der Waals surface area contributed by atoms with Crippen LogP contribution in [0.25, 0.3) is 0 Å². The Balaban J connectivity index is 2.31. The average molecular weight is 270 g/mol. The Morgan fingerprint density at radius 3 is 2.83 bits per heavy atom. The molecule has 18 heavy (non-hydrogen) atoms. The third-order valence-electron chi connectivity index (χ3n) is 2.47. The predicted molar refractivity (Wildman–Crippen MR) is 59.4 cm³/mol. The maximum absolute atomic E-state index is 12.0. The number of nitrogens with one attached hydrogen (secondary N) is 1. The summed E-state index contributed by atoms with van der Waals surface area (Å²) in [4.78, 5) is 26.5. The Labute approximate surface area is 103 Å². The first-order valence-electron chi connectivity index (χ1n) is 5.00. The minimum Gasteiger partial charge on any atom is -0.294 e. The summed E-state index contributed by atoms with van der Waals surface area (Å²) in [6.45, 7) is -0.263. The van der Waals surface area contributed by atoms with Crippen molar-refractivity contribution >= 4 is 21.8 Å². The number of carbonyl (C=O) groups is 2. The first kappa shape index (κ1) is 12.5. The van der Waals surface area contributed by atoms with Crippen molar-refractivity contribution in [1.29, 1.82) is 0 Å². The van der Waals surface area contributed by atoms with Gasteiger partial charge in [0.05, 0.1) is 5.56 Å². The van der Waals surface area contributed by atoms with Crippen molar-refractivity contribution in [3.8, 4) is 0 Å². The highest BCUT2D eigenvalue weighted by Crippen LogP contribution is 2.27. The molecule has 2 heterocycles. The number of hydrazine groups is 1. The Morgan fingerprint density at radius 2 is 2.22 bits per heavy atom. The summed E-state index contributed by atoms with van der Waals surface area (Å²) in [6, 6.07) is 2.85. The van der Waals surface area contributed by atoms with Crippen LogP contribution in [0, 0.1) is 0 Å². The molecule has 0 radical (unpaired) electrons. The molecule has 3 N–H and O–H groups in total. The average Bonchev–Trinajstić information content (AvgIpc) is 2.56. The number of amides is 2. The molecule has 2 rings (SSSR count). The number of fused-ring (bicyclic) bond motifs is 1. The lowest BCUT2D eigenvalue weighted by molar-refractivity contribution is -0.121. The number of nitrogens with zero attached hydrogens (tertiary/aromatic N) is 2. The summed E-state index contributed by atoms with van der Waals surface area (Å²) in [7, 11) is -3.95. The van der Waals surface area contributed by atoms with Crippen LogP contribution in [0.3, 0.4) is 0 Å². The molecule has 2 amide bonds. The first-order chi connectivity index (χ1) is 8.48. The summed E-state index contributed by atoms with van der Waals surface area (Å²) in [6.07, 6.45) is 1.09. The molecule has 0 aromatic carbocycles. The maximum Gasteiger partial charge on any atom is 0.285 e. The number of hydrogen-bond acceptors (Lipinski definition) is 6. The fourth-order valence-electron chi connectivity index (χ4n) is 1.60. The Kier molecular flexibility index (Phi) is 3.01. The highest BCUT2D eigenvalue weighted by molar-refractivity contribution is 7.90. The van der Waals surface area contributed by atoms with E-state index >= 15 is 0 Å². The van der Waals surface area contributed by atoms with Crippen LogP contribution >= 0.6 is 0 Å². The van der Waals surface area contributed by atoms with Gasteiger partial charge in [-0.3, -0.25) is 15.0 Å². The number of hydrogen-bond donors (Lipinski definition) is 2. The molecule has 8 nitrogen and oxygen atoms in total. The molecule has 0 bridgehead atoms. The zero-order valence-corrected chi connectivity index (χ0v) is 9.98. The number of aromatic nitrogens is 1. The summed E-state index contributed by atoms with van der Waals surface area (Å²) in [5.74, 6) is 3.65. The van der Waals surface area contributed by atoms with Gasteiger partial charge in [-0.15, -0.1) is 0 Å². The molecule has 1 aliphatic rings. The van der Waals surface area contributed by atoms with Gasteiger partial charge in [0, 0.05) is 19.2 Å². The number of nitrogens with two attached hydrogens (primary N) is 1. The number of pyridine rings is 1. The van der Waals surface area contributed by atoms with E-state index in [1.807, 2.05) is 5.43 Å². The summed E-state index contributed by atoms with van der Waals surface area (Å²) in [5, 5.41) is -0.275. The van der Waals surface area contributed by atoms with Gasteiger partial charge in [-0.25, -0.2) is 15.1 Å². The summed E-state index contributed by atoms with van der Waals surface area (Å²) in [5.41, 5.74) is 1.88. The SMILES string of the molecule is NNC(=O)CCN1C(=O)c2cccnc2S1(=O)=O. The molecule has 1 aliphatic heterocycles. The van der Waals surface area contributed by atoms with Gasteiger partial charge in [0.15, 0.2) is 5.03 Å². The van der Waals surface area contributed by atoms with Crippen molar-refractivity contribution in [2.24, 2.45) is 5.84 Å². The smallest absolute Gasteiger partial charge is 0.285 e. The van der Waals surface area contributed by atoms with E-state index in [-0.39, 0.29) is 23.6 Å². The number of carbonyl (C=O) groups excluding carboxylic acids is 2. The lowest BCUT2D eigenvalue weighted by atomic mass is 10.2. The molecule has 9 heteroatoms. The third-order valence-corrected chi connectivity index (χ3v) is 4.21. The molecule has 0 spiro atoms. The van der Waals surface area contributed by atoms with E-state index < -0.39 is 21.8 Å². The van der Waals surface area contributed by atoms with Crippen molar-refractivity contribution in [3.05, 3.63) is 23.9 Å². The van der Waals surface area contributed by atoms with E-state index in [2.05, 4.69) is 4.98 Å². The van der Waals surface area contributed by atoms with Crippen LogP contribution in [-0.4, -0.2) is 36.1 Å². The maximum atomic E-state index is 12.0. The van der Waals surface area contributed by atoms with Crippen LogP contribution < -0.4 is 11.3 Å². The highest BCUT2D eigenvalue weighted by Gasteiger charge is 2.42. The van der Waals surface area contributed by atoms with Gasteiger partial charge in [-0.05, 0) is 12.1 Å². The molecule has 1 aromatic heterocycles. The van der Waals surface area contributed by atoms with E-state index in [1.54, 1.807) is 0 Å². The molecule has 0 fully saturated rings. The summed E-state index contributed by atoms with van der Waals surface area (Å²) >= 11 is 0. The van der Waals surface area contributed by atoms with Gasteiger partial charge < -0.3 is 0 Å². The molecule has 0 saturated carbocycles. The fraction of sp³-hybridized carbons (Fsp3) is 0.222. The fourth-order valence-corrected chi connectivity index (χ4v) is 3.09. The monoisotopic (exact) mass is 270 g/mol. The Bertz CT molecular complexity index is 613. The standard InChI is InChI=1S/C9H10N4O4S/c10-12-7(14)3-5-13-9(15)6-2-1-4-11-8(6)18(13,16)17/h1-2,4H,3,5,10H2,(H,12,14). The third kappa shape index (κ3) is 1.83. The van der Waals surface area contributed by atoms with Gasteiger partial charge in [0.25, 0.3) is 15.9 Å². The van der Waals surface area contributed by atoms with E-state index in [9.17, 15) is 18.0 Å². The molecule has 0 unspecified atom stereocenters. The van der Waals surface area contributed by atoms with Gasteiger partial charge in [-0.1, -0.05) is 0 Å². The van der Waals surface area contributed by atoms with Gasteiger partial charge in [0.1, 0.15) is 0 Å². The molecule has 1 aromatic rings. The van der Waals surface area contributed by atoms with E-state index in [0.717, 1.165) is 0 Å². The molecule has 0 atom stereocenters. The second-order valence-electron chi connectivity index (χ2n) is 3.56. The minimum atomic E-state index is -3.95. The van der Waals surface area contributed by atoms with E-state index in [0.29, 0.717) is 4.31 Å². The quantitative estimate of drug-likeness (QED) is 0.396.